The van der Waals surface area contributed by atoms with Crippen LogP contribution in [0.4, 0.5) is 5.69 Å². The molecule has 0 spiro atoms. The number of hydrogen-bond acceptors (Lipinski definition) is 4. The monoisotopic (exact) mass is 429 g/mol. The zero-order valence-electron chi connectivity index (χ0n) is 17.8. The van der Waals surface area contributed by atoms with Gasteiger partial charge in [-0.1, -0.05) is 32.0 Å². The number of rotatable bonds is 7. The van der Waals surface area contributed by atoms with Crippen molar-refractivity contribution >= 4 is 21.6 Å². The molecule has 0 saturated carbocycles. The van der Waals surface area contributed by atoms with Gasteiger partial charge in [0.05, 0.1) is 4.90 Å². The molecule has 1 saturated heterocycles. The van der Waals surface area contributed by atoms with E-state index in [2.05, 4.69) is 28.8 Å². The second kappa shape index (κ2) is 9.62. The SMILES string of the molecule is C[C@@H]1C[C@@H](C)CN(C[C@@H](C)NC(=O)c2ccc(S(=O)(=O)Nc3ccccc3)cc2)C1. The fraction of sp³-hybridized carbons (Fsp3) is 0.435. The summed E-state index contributed by atoms with van der Waals surface area (Å²) in [5.41, 5.74) is 0.940. The lowest BCUT2D eigenvalue weighted by atomic mass is 9.92. The number of hydrogen-bond donors (Lipinski definition) is 2. The van der Waals surface area contributed by atoms with Gasteiger partial charge in [0.15, 0.2) is 0 Å². The molecule has 7 heteroatoms. The molecule has 0 unspecified atom stereocenters. The molecule has 2 aromatic carbocycles. The van der Waals surface area contributed by atoms with E-state index in [0.29, 0.717) is 23.1 Å². The predicted octanol–water partition coefficient (Wildman–Crippen LogP) is 3.58. The number of para-hydroxylation sites is 1. The van der Waals surface area contributed by atoms with Gasteiger partial charge in [0, 0.05) is 36.9 Å². The molecule has 162 valence electrons. The number of amides is 1. The molecule has 1 heterocycles. The van der Waals surface area contributed by atoms with Crippen molar-refractivity contribution in [3.63, 3.8) is 0 Å². The highest BCUT2D eigenvalue weighted by Crippen LogP contribution is 2.21. The molecule has 6 nitrogen and oxygen atoms in total. The molecule has 1 aliphatic rings. The Kier molecular flexibility index (Phi) is 7.15. The first-order chi connectivity index (χ1) is 14.2. The van der Waals surface area contributed by atoms with Gasteiger partial charge in [-0.25, -0.2) is 8.42 Å². The zero-order valence-corrected chi connectivity index (χ0v) is 18.7. The predicted molar refractivity (Wildman–Crippen MR) is 120 cm³/mol. The summed E-state index contributed by atoms with van der Waals surface area (Å²) in [7, 11) is -3.70. The number of likely N-dealkylation sites (tertiary alicyclic amines) is 1. The number of carbonyl (C=O) groups excluding carboxylic acids is 1. The van der Waals surface area contributed by atoms with Crippen molar-refractivity contribution in [2.24, 2.45) is 11.8 Å². The first kappa shape index (κ1) is 22.3. The topological polar surface area (TPSA) is 78.5 Å². The molecule has 1 aliphatic heterocycles. The Labute approximate surface area is 179 Å². The van der Waals surface area contributed by atoms with E-state index in [-0.39, 0.29) is 16.8 Å². The Morgan fingerprint density at radius 3 is 2.23 bits per heavy atom. The Bertz CT molecular complexity index is 935. The molecular formula is C23H31N3O3S. The van der Waals surface area contributed by atoms with Crippen LogP contribution in [0.3, 0.4) is 0 Å². The highest BCUT2D eigenvalue weighted by Gasteiger charge is 2.23. The van der Waals surface area contributed by atoms with Gasteiger partial charge in [-0.3, -0.25) is 9.52 Å². The molecule has 1 fully saturated rings. The zero-order chi connectivity index (χ0) is 21.7. The minimum atomic E-state index is -3.70. The van der Waals surface area contributed by atoms with Gasteiger partial charge in [-0.2, -0.15) is 0 Å². The summed E-state index contributed by atoms with van der Waals surface area (Å²) in [6.07, 6.45) is 1.26. The van der Waals surface area contributed by atoms with Crippen LogP contribution in [0.15, 0.2) is 59.5 Å². The van der Waals surface area contributed by atoms with E-state index in [1.54, 1.807) is 36.4 Å². The molecule has 3 atom stereocenters. The highest BCUT2D eigenvalue weighted by atomic mass is 32.2. The third-order valence-electron chi connectivity index (χ3n) is 5.31. The van der Waals surface area contributed by atoms with E-state index in [4.69, 9.17) is 0 Å². The lowest BCUT2D eigenvalue weighted by Crippen LogP contribution is -2.47. The largest absolute Gasteiger partial charge is 0.348 e. The quantitative estimate of drug-likeness (QED) is 0.705. The molecule has 0 aliphatic carbocycles. The third kappa shape index (κ3) is 6.06. The smallest absolute Gasteiger partial charge is 0.261 e. The van der Waals surface area contributed by atoms with E-state index in [1.165, 1.54) is 18.6 Å². The normalized spacial score (nSPS) is 21.0. The van der Waals surface area contributed by atoms with Gasteiger partial charge in [0.25, 0.3) is 15.9 Å². The third-order valence-corrected chi connectivity index (χ3v) is 6.70. The maximum atomic E-state index is 12.6. The summed E-state index contributed by atoms with van der Waals surface area (Å²) in [4.78, 5) is 15.1. The van der Waals surface area contributed by atoms with Crippen molar-refractivity contribution < 1.29 is 13.2 Å². The Balaban J connectivity index is 1.58. The molecule has 2 aromatic rings. The lowest BCUT2D eigenvalue weighted by molar-refractivity contribution is 0.0905. The summed E-state index contributed by atoms with van der Waals surface area (Å²) in [5.74, 6) is 1.16. The van der Waals surface area contributed by atoms with Gasteiger partial charge in [-0.05, 0) is 61.6 Å². The number of benzene rings is 2. The van der Waals surface area contributed by atoms with Crippen LogP contribution in [0, 0.1) is 11.8 Å². The number of sulfonamides is 1. The number of piperidine rings is 1. The Morgan fingerprint density at radius 2 is 1.63 bits per heavy atom. The Hall–Kier alpha value is -2.38. The van der Waals surface area contributed by atoms with Gasteiger partial charge < -0.3 is 10.2 Å². The minimum absolute atomic E-state index is 0.0122. The van der Waals surface area contributed by atoms with E-state index in [0.717, 1.165) is 19.6 Å². The molecule has 3 rings (SSSR count). The van der Waals surface area contributed by atoms with Crippen molar-refractivity contribution in [3.05, 3.63) is 60.2 Å². The van der Waals surface area contributed by atoms with Crippen LogP contribution in [0.25, 0.3) is 0 Å². The van der Waals surface area contributed by atoms with Crippen molar-refractivity contribution in [2.45, 2.75) is 38.1 Å². The Morgan fingerprint density at radius 1 is 1.03 bits per heavy atom. The number of anilines is 1. The molecule has 0 bridgehead atoms. The molecule has 0 radical (unpaired) electrons. The first-order valence-corrected chi connectivity index (χ1v) is 11.9. The fourth-order valence-corrected chi connectivity index (χ4v) is 5.25. The van der Waals surface area contributed by atoms with E-state index in [9.17, 15) is 13.2 Å². The number of nitrogens with one attached hydrogen (secondary N) is 2. The number of nitrogens with zero attached hydrogens (tertiary/aromatic N) is 1. The van der Waals surface area contributed by atoms with Crippen LogP contribution in [-0.2, 0) is 10.0 Å². The van der Waals surface area contributed by atoms with Crippen molar-refractivity contribution in [1.82, 2.24) is 10.2 Å². The van der Waals surface area contributed by atoms with Crippen LogP contribution in [0.1, 0.15) is 37.6 Å². The summed E-state index contributed by atoms with van der Waals surface area (Å²) >= 11 is 0. The van der Waals surface area contributed by atoms with Gasteiger partial charge >= 0.3 is 0 Å². The van der Waals surface area contributed by atoms with Crippen molar-refractivity contribution in [1.29, 1.82) is 0 Å². The second-order valence-electron chi connectivity index (χ2n) is 8.53. The molecule has 30 heavy (non-hydrogen) atoms. The molecule has 0 aromatic heterocycles. The average molecular weight is 430 g/mol. The van der Waals surface area contributed by atoms with E-state index < -0.39 is 10.0 Å². The van der Waals surface area contributed by atoms with E-state index >= 15 is 0 Å². The van der Waals surface area contributed by atoms with Crippen LogP contribution < -0.4 is 10.0 Å². The number of carbonyl (C=O) groups is 1. The van der Waals surface area contributed by atoms with Gasteiger partial charge in [0.2, 0.25) is 0 Å². The van der Waals surface area contributed by atoms with E-state index in [1.807, 2.05) is 13.0 Å². The molecule has 2 N–H and O–H groups in total. The van der Waals surface area contributed by atoms with Crippen LogP contribution in [-0.4, -0.2) is 44.9 Å². The molecular weight excluding hydrogens is 398 g/mol. The second-order valence-corrected chi connectivity index (χ2v) is 10.2. The highest BCUT2D eigenvalue weighted by molar-refractivity contribution is 7.92. The van der Waals surface area contributed by atoms with Crippen molar-refractivity contribution in [2.75, 3.05) is 24.4 Å². The van der Waals surface area contributed by atoms with Crippen LogP contribution >= 0.6 is 0 Å². The van der Waals surface area contributed by atoms with Gasteiger partial charge in [0.1, 0.15) is 0 Å². The van der Waals surface area contributed by atoms with Crippen LogP contribution in [0.5, 0.6) is 0 Å². The van der Waals surface area contributed by atoms with Crippen molar-refractivity contribution in [3.8, 4) is 0 Å². The van der Waals surface area contributed by atoms with Crippen LogP contribution in [0.2, 0.25) is 0 Å². The molecule has 1 amide bonds. The summed E-state index contributed by atoms with van der Waals surface area (Å²) in [6.45, 7) is 9.48. The maximum Gasteiger partial charge on any atom is 0.261 e. The fourth-order valence-electron chi connectivity index (χ4n) is 4.19. The maximum absolute atomic E-state index is 12.6. The summed E-state index contributed by atoms with van der Waals surface area (Å²) in [6, 6.07) is 14.7. The summed E-state index contributed by atoms with van der Waals surface area (Å²) < 4.78 is 27.6. The minimum Gasteiger partial charge on any atom is -0.348 e. The van der Waals surface area contributed by atoms with Gasteiger partial charge in [-0.15, -0.1) is 0 Å². The summed E-state index contributed by atoms with van der Waals surface area (Å²) in [5, 5.41) is 3.03. The first-order valence-electron chi connectivity index (χ1n) is 10.4. The lowest BCUT2D eigenvalue weighted by Gasteiger charge is -2.36. The standard InChI is InChI=1S/C23H31N3O3S/c1-17-13-18(2)15-26(14-17)16-19(3)24-23(27)20-9-11-22(12-10-20)30(28,29)25-21-7-5-4-6-8-21/h4-12,17-19,25H,13-16H2,1-3H3,(H,24,27)/t17-,18-,19-/m1/s1. The average Bonchev–Trinajstić information content (AvgIpc) is 2.67.